The number of rotatable bonds is 4. The number of halogens is 1. The molecule has 0 radical (unpaired) electrons. The van der Waals surface area contributed by atoms with E-state index in [-0.39, 0.29) is 0 Å². The largest absolute Gasteiger partial charge is 0.179 e. The Bertz CT molecular complexity index is 1570. The Labute approximate surface area is 191 Å². The number of benzene rings is 4. The fourth-order valence-corrected chi connectivity index (χ4v) is 6.61. The molecule has 0 atom stereocenters. The molecule has 4 rings (SSSR count). The first-order chi connectivity index (χ1) is 20.7. The van der Waals surface area contributed by atoms with Gasteiger partial charge in [-0.3, -0.25) is 0 Å². The van der Waals surface area contributed by atoms with Crippen molar-refractivity contribution in [3.63, 3.8) is 0 Å². The normalized spacial score (nSPS) is 21.5. The van der Waals surface area contributed by atoms with Crippen LogP contribution in [0.2, 0.25) is 0 Å². The highest BCUT2D eigenvalue weighted by molar-refractivity contribution is 9.10. The van der Waals surface area contributed by atoms with E-state index in [0.717, 1.165) is 0 Å². The molecular formula is C24H19BrSi. The average Bonchev–Trinajstić information content (AvgIpc) is 3.00. The van der Waals surface area contributed by atoms with Crippen LogP contribution in [-0.2, 0) is 0 Å². The third-order valence-electron chi connectivity index (χ3n) is 3.59. The third-order valence-corrected chi connectivity index (χ3v) is 7.99. The molecule has 0 fully saturated rings. The van der Waals surface area contributed by atoms with Crippen molar-refractivity contribution in [3.05, 3.63) is 119 Å². The summed E-state index contributed by atoms with van der Waals surface area (Å²) in [6.45, 7) is 0. The van der Waals surface area contributed by atoms with Gasteiger partial charge in [-0.05, 0) is 32.8 Å². The van der Waals surface area contributed by atoms with Gasteiger partial charge in [-0.2, -0.15) is 0 Å². The average molecular weight is 435 g/mol. The summed E-state index contributed by atoms with van der Waals surface area (Å²) >= 11 is 3.01. The first kappa shape index (κ1) is 5.79. The summed E-state index contributed by atoms with van der Waals surface area (Å²) in [5.41, 5.74) is 0. The quantitative estimate of drug-likeness (QED) is 0.338. The van der Waals surface area contributed by atoms with Crippen LogP contribution in [0.25, 0.3) is 0 Å². The van der Waals surface area contributed by atoms with Crippen molar-refractivity contribution >= 4 is 44.8 Å². The Morgan fingerprint density at radius 1 is 0.500 bits per heavy atom. The van der Waals surface area contributed by atoms with Crippen LogP contribution in [0.1, 0.15) is 26.0 Å². The lowest BCUT2D eigenvalue weighted by Gasteiger charge is -2.34. The van der Waals surface area contributed by atoms with Crippen molar-refractivity contribution in [1.82, 2.24) is 0 Å². The molecule has 0 unspecified atom stereocenters. The van der Waals surface area contributed by atoms with Gasteiger partial charge in [0, 0.05) is 4.47 Å². The van der Waals surface area contributed by atoms with Crippen LogP contribution >= 0.6 is 15.9 Å². The van der Waals surface area contributed by atoms with Crippen molar-refractivity contribution in [3.8, 4) is 0 Å². The maximum Gasteiger partial charge on any atom is 0.179 e. The summed E-state index contributed by atoms with van der Waals surface area (Å²) in [7, 11) is -5.70. The molecule has 0 aliphatic rings. The second kappa shape index (κ2) is 7.44. The van der Waals surface area contributed by atoms with Crippen molar-refractivity contribution in [1.29, 1.82) is 0 Å². The lowest BCUT2D eigenvalue weighted by atomic mass is 10.3. The SMILES string of the molecule is [2H]c1c([2H])c([2H])c([Si](c2c([2H])c([2H])c([2H])c([2H])c2[2H])(c2c([2H])c([2H])c([2H])c([2H])c2[2H])c2c([2H])c([2H])c([2H])c(Br)c2[2H])c([2H])c1[2H]. The molecule has 0 aliphatic carbocycles. The first-order valence-corrected chi connectivity index (χ1v) is 9.98. The van der Waals surface area contributed by atoms with E-state index in [2.05, 4.69) is 15.9 Å². The van der Waals surface area contributed by atoms with Crippen LogP contribution in [-0.4, -0.2) is 8.07 Å². The number of hydrogen-bond donors (Lipinski definition) is 0. The zero-order valence-electron chi connectivity index (χ0n) is 31.9. The van der Waals surface area contributed by atoms with Crippen molar-refractivity contribution < 1.29 is 26.0 Å². The molecule has 126 valence electrons. The van der Waals surface area contributed by atoms with Crippen LogP contribution in [0.3, 0.4) is 0 Å². The van der Waals surface area contributed by atoms with Gasteiger partial charge < -0.3 is 0 Å². The molecule has 0 heterocycles. The second-order valence-electron chi connectivity index (χ2n) is 4.94. The maximum atomic E-state index is 9.05. The molecule has 26 heavy (non-hydrogen) atoms. The molecule has 4 aromatic rings. The highest BCUT2D eigenvalue weighted by atomic mass is 79.9. The van der Waals surface area contributed by atoms with Crippen LogP contribution < -0.4 is 20.7 Å². The highest BCUT2D eigenvalue weighted by Crippen LogP contribution is 2.13. The summed E-state index contributed by atoms with van der Waals surface area (Å²) in [5.74, 6) is 0. The topological polar surface area (TPSA) is 0 Å². The molecular weight excluding hydrogens is 396 g/mol. The Morgan fingerprint density at radius 2 is 0.885 bits per heavy atom. The molecule has 0 bridgehead atoms. The Balaban J connectivity index is 2.69. The fraction of sp³-hybridized carbons (Fsp3) is 0. The van der Waals surface area contributed by atoms with E-state index in [1.54, 1.807) is 0 Å². The molecule has 0 aromatic heterocycles. The van der Waals surface area contributed by atoms with Gasteiger partial charge in [0.1, 0.15) is 0 Å². The van der Waals surface area contributed by atoms with Crippen molar-refractivity contribution in [2.75, 3.05) is 0 Å². The van der Waals surface area contributed by atoms with Crippen molar-refractivity contribution in [2.45, 2.75) is 0 Å². The minimum absolute atomic E-state index is 0.470. The van der Waals surface area contributed by atoms with Gasteiger partial charge in [0.05, 0.1) is 26.0 Å². The van der Waals surface area contributed by atoms with E-state index in [4.69, 9.17) is 26.0 Å². The van der Waals surface area contributed by atoms with Crippen LogP contribution in [0.15, 0.2) is 119 Å². The van der Waals surface area contributed by atoms with Crippen molar-refractivity contribution in [2.24, 2.45) is 0 Å². The zero-order chi connectivity index (χ0) is 34.4. The van der Waals surface area contributed by atoms with E-state index in [1.807, 2.05) is 0 Å². The van der Waals surface area contributed by atoms with E-state index in [1.165, 1.54) is 0 Å². The van der Waals surface area contributed by atoms with E-state index >= 15 is 0 Å². The van der Waals surface area contributed by atoms with Gasteiger partial charge in [-0.1, -0.05) is 119 Å². The molecule has 0 saturated heterocycles. The van der Waals surface area contributed by atoms with E-state index in [9.17, 15) is 0 Å². The van der Waals surface area contributed by atoms with Crippen LogP contribution in [0.5, 0.6) is 0 Å². The minimum atomic E-state index is -5.70. The predicted molar refractivity (Wildman–Crippen MR) is 118 cm³/mol. The van der Waals surface area contributed by atoms with Gasteiger partial charge in [0.2, 0.25) is 0 Å². The minimum Gasteiger partial charge on any atom is -0.0623 e. The zero-order valence-corrected chi connectivity index (χ0v) is 15.5. The summed E-state index contributed by atoms with van der Waals surface area (Å²) in [6, 6.07) is -18.5. The van der Waals surface area contributed by atoms with Gasteiger partial charge >= 0.3 is 0 Å². The summed E-state index contributed by atoms with van der Waals surface area (Å²) in [6.07, 6.45) is 0. The lowest BCUT2D eigenvalue weighted by Crippen LogP contribution is -2.74. The molecule has 0 saturated carbocycles. The maximum absolute atomic E-state index is 9.05. The lowest BCUT2D eigenvalue weighted by molar-refractivity contribution is 1.64. The van der Waals surface area contributed by atoms with Gasteiger partial charge in [-0.25, -0.2) is 0 Å². The fourth-order valence-electron chi connectivity index (χ4n) is 2.57. The highest BCUT2D eigenvalue weighted by Gasteiger charge is 2.41. The predicted octanol–water partition coefficient (Wildman–Crippen LogP) is 3.83. The van der Waals surface area contributed by atoms with Gasteiger partial charge in [0.15, 0.2) is 8.07 Å². The molecule has 0 aliphatic heterocycles. The summed E-state index contributed by atoms with van der Waals surface area (Å²) in [4.78, 5) is 0. The molecule has 4 aromatic carbocycles. The number of hydrogen-bond acceptors (Lipinski definition) is 0. The van der Waals surface area contributed by atoms with Crippen LogP contribution in [0.4, 0.5) is 0 Å². The molecule has 0 nitrogen and oxygen atoms in total. The van der Waals surface area contributed by atoms with Crippen LogP contribution in [0, 0.1) is 0 Å². The summed E-state index contributed by atoms with van der Waals surface area (Å²) in [5, 5.41) is -3.43. The molecule has 0 N–H and O–H groups in total. The molecule has 2 heteroatoms. The van der Waals surface area contributed by atoms with E-state index < -0.39 is 148 Å². The van der Waals surface area contributed by atoms with Gasteiger partial charge in [-0.15, -0.1) is 0 Å². The first-order valence-electron chi connectivity index (χ1n) is 16.7. The second-order valence-corrected chi connectivity index (χ2v) is 9.23. The van der Waals surface area contributed by atoms with E-state index in [0.29, 0.717) is 0 Å². The smallest absolute Gasteiger partial charge is 0.0623 e. The third kappa shape index (κ3) is 2.96. The Hall–Kier alpha value is -2.42. The summed E-state index contributed by atoms with van der Waals surface area (Å²) < 4.78 is 163. The standard InChI is InChI=1S/C24H19BrSi/c25-20-11-10-18-24(19-20)26(21-12-4-1-5-13-21,22-14-6-2-7-15-22)23-16-8-3-9-17-23/h1-19H/i1D,2D,3D,4D,5D,6D,7D,8D,9D,10D,11D,12D,13D,14D,15D,16D,17D,18D,19D. The monoisotopic (exact) mass is 433 g/mol. The Morgan fingerprint density at radius 3 is 1.31 bits per heavy atom. The van der Waals surface area contributed by atoms with Gasteiger partial charge in [0.25, 0.3) is 0 Å². The molecule has 0 spiro atoms. The molecule has 0 amide bonds. The Kier molecular flexibility index (Phi) is 1.66.